The van der Waals surface area contributed by atoms with Crippen LogP contribution in [-0.2, 0) is 11.2 Å². The molecule has 0 saturated carbocycles. The van der Waals surface area contributed by atoms with Gasteiger partial charge < -0.3 is 14.4 Å². The maximum atomic E-state index is 12.4. The summed E-state index contributed by atoms with van der Waals surface area (Å²) in [5.41, 5.74) is 3.18. The minimum absolute atomic E-state index is 0.0674. The Hall–Kier alpha value is -2.49. The predicted octanol–water partition coefficient (Wildman–Crippen LogP) is 3.61. The molecule has 0 radical (unpaired) electrons. The largest absolute Gasteiger partial charge is 0.493 e. The van der Waals surface area contributed by atoms with Gasteiger partial charge in [-0.05, 0) is 31.0 Å². The molecule has 0 aliphatic heterocycles. The Labute approximate surface area is 137 Å². The molecule has 4 nitrogen and oxygen atoms in total. The average molecular weight is 313 g/mol. The lowest BCUT2D eigenvalue weighted by molar-refractivity contribution is -0.118. The number of amides is 1. The van der Waals surface area contributed by atoms with Crippen LogP contribution >= 0.6 is 0 Å². The molecule has 1 amide bonds. The third-order valence-corrected chi connectivity index (χ3v) is 3.88. The van der Waals surface area contributed by atoms with Crippen LogP contribution in [0.4, 0.5) is 5.69 Å². The van der Waals surface area contributed by atoms with Gasteiger partial charge in [0.2, 0.25) is 5.91 Å². The molecule has 0 saturated heterocycles. The summed E-state index contributed by atoms with van der Waals surface area (Å²) in [5.74, 6) is 1.33. The van der Waals surface area contributed by atoms with Crippen molar-refractivity contribution in [3.8, 4) is 11.5 Å². The second-order valence-corrected chi connectivity index (χ2v) is 5.48. The molecule has 4 heteroatoms. The smallest absolute Gasteiger partial charge is 0.227 e. The number of anilines is 1. The number of benzene rings is 2. The van der Waals surface area contributed by atoms with Crippen LogP contribution in [0.3, 0.4) is 0 Å². The lowest BCUT2D eigenvalue weighted by Gasteiger charge is -2.19. The van der Waals surface area contributed by atoms with E-state index in [4.69, 9.17) is 9.47 Å². The van der Waals surface area contributed by atoms with Crippen molar-refractivity contribution < 1.29 is 14.3 Å². The molecule has 0 bridgehead atoms. The van der Waals surface area contributed by atoms with Crippen molar-refractivity contribution >= 4 is 11.6 Å². The molecule has 0 atom stereocenters. The third kappa shape index (κ3) is 4.25. The van der Waals surface area contributed by atoms with Crippen molar-refractivity contribution in [2.75, 3.05) is 26.2 Å². The number of carbonyl (C=O) groups excluding carboxylic acids is 1. The van der Waals surface area contributed by atoms with E-state index in [0.717, 1.165) is 12.1 Å². The molecule has 23 heavy (non-hydrogen) atoms. The predicted molar refractivity (Wildman–Crippen MR) is 92.5 cm³/mol. The summed E-state index contributed by atoms with van der Waals surface area (Å²) in [6.07, 6.45) is 1.20. The molecule has 0 unspecified atom stereocenters. The van der Waals surface area contributed by atoms with E-state index in [-0.39, 0.29) is 5.91 Å². The van der Waals surface area contributed by atoms with Gasteiger partial charge in [-0.15, -0.1) is 0 Å². The van der Waals surface area contributed by atoms with E-state index in [2.05, 4.69) is 31.2 Å². The van der Waals surface area contributed by atoms with Crippen LogP contribution in [0.15, 0.2) is 42.5 Å². The van der Waals surface area contributed by atoms with E-state index in [1.54, 1.807) is 32.2 Å². The van der Waals surface area contributed by atoms with Crippen LogP contribution in [-0.4, -0.2) is 27.2 Å². The number of hydrogen-bond acceptors (Lipinski definition) is 3. The van der Waals surface area contributed by atoms with Crippen molar-refractivity contribution in [3.05, 3.63) is 53.6 Å². The summed E-state index contributed by atoms with van der Waals surface area (Å²) in [4.78, 5) is 14.0. The average Bonchev–Trinajstić information content (AvgIpc) is 2.59. The Balaban J connectivity index is 2.03. The number of methoxy groups -OCH3 is 2. The standard InChI is InChI=1S/C19H23NO3/c1-14-5-7-15(8-6-14)9-12-19(21)20(2)16-10-11-17(22-3)18(13-16)23-4/h5-8,10-11,13H,9,12H2,1-4H3. The first-order valence-corrected chi connectivity index (χ1v) is 7.59. The van der Waals surface area contributed by atoms with Crippen LogP contribution in [0.2, 0.25) is 0 Å². The highest BCUT2D eigenvalue weighted by atomic mass is 16.5. The van der Waals surface area contributed by atoms with Gasteiger partial charge in [0, 0.05) is 25.2 Å². The zero-order chi connectivity index (χ0) is 16.8. The number of carbonyl (C=O) groups is 1. The SMILES string of the molecule is COc1ccc(N(C)C(=O)CCc2ccc(C)cc2)cc1OC. The highest BCUT2D eigenvalue weighted by Crippen LogP contribution is 2.31. The zero-order valence-corrected chi connectivity index (χ0v) is 14.1. The van der Waals surface area contributed by atoms with Crippen molar-refractivity contribution in [1.82, 2.24) is 0 Å². The molecule has 0 N–H and O–H groups in total. The Bertz CT molecular complexity index is 665. The van der Waals surface area contributed by atoms with Gasteiger partial charge in [0.25, 0.3) is 0 Å². The number of hydrogen-bond donors (Lipinski definition) is 0. The zero-order valence-electron chi connectivity index (χ0n) is 14.1. The van der Waals surface area contributed by atoms with Crippen molar-refractivity contribution in [2.24, 2.45) is 0 Å². The van der Waals surface area contributed by atoms with Gasteiger partial charge in [-0.3, -0.25) is 4.79 Å². The molecule has 0 aliphatic rings. The van der Waals surface area contributed by atoms with E-state index < -0.39 is 0 Å². The van der Waals surface area contributed by atoms with Crippen molar-refractivity contribution in [1.29, 1.82) is 0 Å². The molecule has 0 heterocycles. The highest BCUT2D eigenvalue weighted by molar-refractivity contribution is 5.93. The topological polar surface area (TPSA) is 38.8 Å². The molecular formula is C19H23NO3. The molecule has 2 rings (SSSR count). The van der Waals surface area contributed by atoms with Crippen LogP contribution < -0.4 is 14.4 Å². The van der Waals surface area contributed by atoms with E-state index >= 15 is 0 Å². The van der Waals surface area contributed by atoms with Crippen molar-refractivity contribution in [3.63, 3.8) is 0 Å². The second kappa shape index (κ2) is 7.68. The summed E-state index contributed by atoms with van der Waals surface area (Å²) in [6, 6.07) is 13.7. The van der Waals surface area contributed by atoms with Crippen molar-refractivity contribution in [2.45, 2.75) is 19.8 Å². The lowest BCUT2D eigenvalue weighted by Crippen LogP contribution is -2.26. The van der Waals surface area contributed by atoms with Gasteiger partial charge in [-0.25, -0.2) is 0 Å². The quantitative estimate of drug-likeness (QED) is 0.818. The molecule has 0 fully saturated rings. The summed E-state index contributed by atoms with van der Waals surface area (Å²) in [7, 11) is 4.95. The Morgan fingerprint density at radius 3 is 2.26 bits per heavy atom. The van der Waals surface area contributed by atoms with E-state index in [0.29, 0.717) is 17.9 Å². The minimum atomic E-state index is 0.0674. The fraction of sp³-hybridized carbons (Fsp3) is 0.316. The molecule has 0 aromatic heterocycles. The molecular weight excluding hydrogens is 290 g/mol. The third-order valence-electron chi connectivity index (χ3n) is 3.88. The normalized spacial score (nSPS) is 10.3. The molecule has 0 spiro atoms. The summed E-state index contributed by atoms with van der Waals surface area (Å²) in [6.45, 7) is 2.06. The van der Waals surface area contributed by atoms with E-state index in [1.165, 1.54) is 11.1 Å². The number of rotatable bonds is 6. The Morgan fingerprint density at radius 2 is 1.65 bits per heavy atom. The lowest BCUT2D eigenvalue weighted by atomic mass is 10.1. The Morgan fingerprint density at radius 1 is 1.00 bits per heavy atom. The first kappa shape index (κ1) is 16.9. The molecule has 0 aliphatic carbocycles. The maximum absolute atomic E-state index is 12.4. The van der Waals surface area contributed by atoms with E-state index in [1.807, 2.05) is 12.1 Å². The second-order valence-electron chi connectivity index (χ2n) is 5.48. The summed E-state index contributed by atoms with van der Waals surface area (Å²) < 4.78 is 10.5. The fourth-order valence-corrected chi connectivity index (χ4v) is 2.35. The monoisotopic (exact) mass is 313 g/mol. The van der Waals surface area contributed by atoms with Crippen LogP contribution in [0.5, 0.6) is 11.5 Å². The van der Waals surface area contributed by atoms with Crippen LogP contribution in [0.1, 0.15) is 17.5 Å². The van der Waals surface area contributed by atoms with Crippen LogP contribution in [0, 0.1) is 6.92 Å². The van der Waals surface area contributed by atoms with Gasteiger partial charge in [0.1, 0.15) is 0 Å². The first-order chi connectivity index (χ1) is 11.0. The maximum Gasteiger partial charge on any atom is 0.227 e. The van der Waals surface area contributed by atoms with Gasteiger partial charge in [-0.2, -0.15) is 0 Å². The van der Waals surface area contributed by atoms with Gasteiger partial charge in [0.05, 0.1) is 14.2 Å². The van der Waals surface area contributed by atoms with Crippen LogP contribution in [0.25, 0.3) is 0 Å². The Kier molecular flexibility index (Phi) is 5.63. The van der Waals surface area contributed by atoms with Gasteiger partial charge in [0.15, 0.2) is 11.5 Å². The first-order valence-electron chi connectivity index (χ1n) is 7.59. The minimum Gasteiger partial charge on any atom is -0.493 e. The number of aryl methyl sites for hydroxylation is 2. The van der Waals surface area contributed by atoms with E-state index in [9.17, 15) is 4.79 Å². The van der Waals surface area contributed by atoms with Gasteiger partial charge >= 0.3 is 0 Å². The molecule has 2 aromatic carbocycles. The molecule has 122 valence electrons. The fourth-order valence-electron chi connectivity index (χ4n) is 2.35. The number of ether oxygens (including phenoxy) is 2. The molecule has 2 aromatic rings. The summed E-state index contributed by atoms with van der Waals surface area (Å²) >= 11 is 0. The highest BCUT2D eigenvalue weighted by Gasteiger charge is 2.13. The summed E-state index contributed by atoms with van der Waals surface area (Å²) in [5, 5.41) is 0. The van der Waals surface area contributed by atoms with Gasteiger partial charge in [-0.1, -0.05) is 29.8 Å². The number of nitrogens with zero attached hydrogens (tertiary/aromatic N) is 1.